The second kappa shape index (κ2) is 6.17. The van der Waals surface area contributed by atoms with Crippen molar-refractivity contribution >= 4 is 21.7 Å². The van der Waals surface area contributed by atoms with E-state index in [1.165, 1.54) is 4.90 Å². The van der Waals surface area contributed by atoms with E-state index in [1.807, 2.05) is 0 Å². The van der Waals surface area contributed by atoms with Crippen LogP contribution in [0.4, 0.5) is 0 Å². The number of carbonyl (C=O) groups excluding carboxylic acids is 2. The van der Waals surface area contributed by atoms with Gasteiger partial charge in [-0.3, -0.25) is 4.79 Å². The van der Waals surface area contributed by atoms with Crippen LogP contribution in [0.25, 0.3) is 0 Å². The van der Waals surface area contributed by atoms with Gasteiger partial charge in [-0.05, 0) is 26.2 Å². The molecule has 0 N–H and O–H groups in total. The third kappa shape index (κ3) is 4.29. The van der Waals surface area contributed by atoms with E-state index < -0.39 is 33.5 Å². The Balaban J connectivity index is 2.76. The van der Waals surface area contributed by atoms with E-state index in [0.29, 0.717) is 13.0 Å². The second-order valence-electron chi connectivity index (χ2n) is 4.42. The standard InChI is InChI=1S/C11H19NO5S/c1-3-17-11(14)9-6-4-5-7-12(9)10(13)8-18(2,15)16/h9H,3-8H2,1-2H3. The predicted octanol–water partition coefficient (Wildman–Crippen LogP) is -0.0248. The number of hydrogen-bond donors (Lipinski definition) is 0. The number of amides is 1. The van der Waals surface area contributed by atoms with E-state index >= 15 is 0 Å². The Kier molecular flexibility index (Phi) is 5.13. The number of ether oxygens (including phenoxy) is 1. The maximum absolute atomic E-state index is 11.9. The molecule has 0 aromatic rings. The summed E-state index contributed by atoms with van der Waals surface area (Å²) in [7, 11) is -3.38. The molecule has 1 fully saturated rings. The molecule has 0 spiro atoms. The average molecular weight is 277 g/mol. The molecule has 0 aliphatic carbocycles. The Labute approximate surface area is 107 Å². The van der Waals surface area contributed by atoms with Crippen LogP contribution in [0.1, 0.15) is 26.2 Å². The minimum absolute atomic E-state index is 0.253. The van der Waals surface area contributed by atoms with Gasteiger partial charge in [0.2, 0.25) is 5.91 Å². The SMILES string of the molecule is CCOC(=O)C1CCCCN1C(=O)CS(C)(=O)=O. The largest absolute Gasteiger partial charge is 0.464 e. The topological polar surface area (TPSA) is 80.8 Å². The smallest absolute Gasteiger partial charge is 0.328 e. The first-order valence-electron chi connectivity index (χ1n) is 5.99. The zero-order valence-electron chi connectivity index (χ0n) is 10.7. The third-order valence-corrected chi connectivity index (χ3v) is 3.54. The van der Waals surface area contributed by atoms with Crippen molar-refractivity contribution in [2.45, 2.75) is 32.2 Å². The molecule has 18 heavy (non-hydrogen) atoms. The van der Waals surface area contributed by atoms with Crippen molar-refractivity contribution in [3.8, 4) is 0 Å². The number of likely N-dealkylation sites (tertiary alicyclic amines) is 1. The fourth-order valence-corrected chi connectivity index (χ4v) is 2.64. The molecule has 104 valence electrons. The molecule has 1 saturated heterocycles. The van der Waals surface area contributed by atoms with Gasteiger partial charge in [-0.2, -0.15) is 0 Å². The lowest BCUT2D eigenvalue weighted by atomic mass is 10.0. The van der Waals surface area contributed by atoms with E-state index in [4.69, 9.17) is 4.74 Å². The molecule has 1 rings (SSSR count). The van der Waals surface area contributed by atoms with Crippen molar-refractivity contribution in [1.82, 2.24) is 4.90 Å². The van der Waals surface area contributed by atoms with Crippen LogP contribution in [-0.4, -0.2) is 56.4 Å². The number of hydrogen-bond acceptors (Lipinski definition) is 5. The Bertz CT molecular complexity index is 417. The van der Waals surface area contributed by atoms with Crippen molar-refractivity contribution in [2.75, 3.05) is 25.2 Å². The Morgan fingerprint density at radius 3 is 2.56 bits per heavy atom. The molecule has 1 aliphatic rings. The first-order valence-corrected chi connectivity index (χ1v) is 8.05. The molecule has 6 nitrogen and oxygen atoms in total. The fraction of sp³-hybridized carbons (Fsp3) is 0.818. The molecule has 7 heteroatoms. The summed E-state index contributed by atoms with van der Waals surface area (Å²) in [6.45, 7) is 2.37. The van der Waals surface area contributed by atoms with Gasteiger partial charge < -0.3 is 9.64 Å². The van der Waals surface area contributed by atoms with Crippen molar-refractivity contribution in [2.24, 2.45) is 0 Å². The molecule has 1 heterocycles. The maximum Gasteiger partial charge on any atom is 0.328 e. The third-order valence-electron chi connectivity index (χ3n) is 2.77. The number of carbonyl (C=O) groups is 2. The van der Waals surface area contributed by atoms with Gasteiger partial charge in [-0.1, -0.05) is 0 Å². The lowest BCUT2D eigenvalue weighted by molar-refractivity contribution is -0.155. The van der Waals surface area contributed by atoms with Gasteiger partial charge in [0.05, 0.1) is 6.61 Å². The molecule has 0 bridgehead atoms. The lowest BCUT2D eigenvalue weighted by Gasteiger charge is -2.33. The number of sulfone groups is 1. The van der Waals surface area contributed by atoms with Crippen LogP contribution in [0.3, 0.4) is 0 Å². The summed E-state index contributed by atoms with van der Waals surface area (Å²) in [5, 5.41) is 0. The van der Waals surface area contributed by atoms with Crippen molar-refractivity contribution in [3.05, 3.63) is 0 Å². The summed E-state index contributed by atoms with van der Waals surface area (Å²) in [5.74, 6) is -1.52. The van der Waals surface area contributed by atoms with Gasteiger partial charge in [-0.15, -0.1) is 0 Å². The van der Waals surface area contributed by atoms with Crippen LogP contribution in [0.15, 0.2) is 0 Å². The van der Waals surface area contributed by atoms with Crippen LogP contribution in [0.5, 0.6) is 0 Å². The minimum atomic E-state index is -3.38. The van der Waals surface area contributed by atoms with Crippen LogP contribution in [0.2, 0.25) is 0 Å². The zero-order valence-corrected chi connectivity index (χ0v) is 11.5. The van der Waals surface area contributed by atoms with E-state index in [-0.39, 0.29) is 6.61 Å². The molecule has 1 unspecified atom stereocenters. The van der Waals surface area contributed by atoms with Crippen molar-refractivity contribution in [3.63, 3.8) is 0 Å². The predicted molar refractivity (Wildman–Crippen MR) is 65.7 cm³/mol. The first-order chi connectivity index (χ1) is 8.35. The molecule has 1 atom stereocenters. The molecule has 0 saturated carbocycles. The minimum Gasteiger partial charge on any atom is -0.464 e. The monoisotopic (exact) mass is 277 g/mol. The molecule has 1 amide bonds. The van der Waals surface area contributed by atoms with E-state index in [1.54, 1.807) is 6.92 Å². The molecule has 0 aromatic carbocycles. The molecule has 0 radical (unpaired) electrons. The van der Waals surface area contributed by atoms with E-state index in [0.717, 1.165) is 19.1 Å². The van der Waals surface area contributed by atoms with Crippen LogP contribution in [-0.2, 0) is 24.2 Å². The summed E-state index contributed by atoms with van der Waals surface area (Å²) < 4.78 is 27.2. The number of rotatable bonds is 4. The Morgan fingerprint density at radius 2 is 2.00 bits per heavy atom. The summed E-state index contributed by atoms with van der Waals surface area (Å²) >= 11 is 0. The molecular formula is C11H19NO5S. The van der Waals surface area contributed by atoms with Crippen molar-refractivity contribution < 1.29 is 22.7 Å². The average Bonchev–Trinajstić information content (AvgIpc) is 2.27. The Hall–Kier alpha value is -1.11. The number of nitrogens with zero attached hydrogens (tertiary/aromatic N) is 1. The van der Waals surface area contributed by atoms with Crippen molar-refractivity contribution in [1.29, 1.82) is 0 Å². The van der Waals surface area contributed by atoms with Crippen LogP contribution in [0, 0.1) is 0 Å². The normalized spacial score (nSPS) is 20.6. The quantitative estimate of drug-likeness (QED) is 0.674. The molecule has 0 aromatic heterocycles. The second-order valence-corrected chi connectivity index (χ2v) is 6.56. The number of piperidine rings is 1. The molecular weight excluding hydrogens is 258 g/mol. The maximum atomic E-state index is 11.9. The summed E-state index contributed by atoms with van der Waals surface area (Å²) in [6, 6.07) is -0.632. The highest BCUT2D eigenvalue weighted by atomic mass is 32.2. The van der Waals surface area contributed by atoms with Gasteiger partial charge in [0.1, 0.15) is 11.8 Å². The van der Waals surface area contributed by atoms with Gasteiger partial charge in [0, 0.05) is 12.8 Å². The van der Waals surface area contributed by atoms with Gasteiger partial charge in [0.15, 0.2) is 9.84 Å². The number of esters is 1. The zero-order chi connectivity index (χ0) is 13.8. The summed E-state index contributed by atoms with van der Waals surface area (Å²) in [4.78, 5) is 24.9. The summed E-state index contributed by atoms with van der Waals surface area (Å²) in [6.07, 6.45) is 3.17. The van der Waals surface area contributed by atoms with Gasteiger partial charge in [0.25, 0.3) is 0 Å². The van der Waals surface area contributed by atoms with Gasteiger partial charge in [-0.25, -0.2) is 13.2 Å². The van der Waals surface area contributed by atoms with Crippen LogP contribution >= 0.6 is 0 Å². The highest BCUT2D eigenvalue weighted by Gasteiger charge is 2.33. The van der Waals surface area contributed by atoms with Crippen LogP contribution < -0.4 is 0 Å². The first kappa shape index (κ1) is 14.9. The molecule has 1 aliphatic heterocycles. The fourth-order valence-electron chi connectivity index (χ4n) is 2.02. The van der Waals surface area contributed by atoms with E-state index in [9.17, 15) is 18.0 Å². The Morgan fingerprint density at radius 1 is 1.33 bits per heavy atom. The highest BCUT2D eigenvalue weighted by Crippen LogP contribution is 2.18. The lowest BCUT2D eigenvalue weighted by Crippen LogP contribution is -2.50. The van der Waals surface area contributed by atoms with Gasteiger partial charge >= 0.3 is 5.97 Å². The highest BCUT2D eigenvalue weighted by molar-refractivity contribution is 7.91. The van der Waals surface area contributed by atoms with E-state index in [2.05, 4.69) is 0 Å². The summed E-state index contributed by atoms with van der Waals surface area (Å²) in [5.41, 5.74) is 0.